The van der Waals surface area contributed by atoms with E-state index in [1.165, 1.54) is 6.20 Å². The Hall–Kier alpha value is -2.30. The van der Waals surface area contributed by atoms with E-state index in [1.54, 1.807) is 12.1 Å². The van der Waals surface area contributed by atoms with Crippen molar-refractivity contribution in [1.82, 2.24) is 10.5 Å². The molecule has 1 aromatic heterocycles. The van der Waals surface area contributed by atoms with E-state index in [-0.39, 0.29) is 5.91 Å². The van der Waals surface area contributed by atoms with Gasteiger partial charge in [0, 0.05) is 11.8 Å². The molecule has 1 aromatic carbocycles. The highest BCUT2D eigenvalue weighted by atomic mass is 16.5. The summed E-state index contributed by atoms with van der Waals surface area (Å²) in [6, 6.07) is 7.06. The molecule has 2 rings (SSSR count). The average Bonchev–Trinajstić information content (AvgIpc) is 2.79. The van der Waals surface area contributed by atoms with Crippen LogP contribution in [0.25, 0.3) is 0 Å². The second-order valence-electron chi connectivity index (χ2n) is 3.70. The summed E-state index contributed by atoms with van der Waals surface area (Å²) in [5, 5.41) is 6.29. The van der Waals surface area contributed by atoms with Crippen LogP contribution in [-0.2, 0) is 6.54 Å². The lowest BCUT2D eigenvalue weighted by molar-refractivity contribution is 0.0947. The summed E-state index contributed by atoms with van der Waals surface area (Å²) in [6.07, 6.45) is 1.53. The Morgan fingerprint density at radius 3 is 2.94 bits per heavy atom. The minimum atomic E-state index is -0.211. The summed E-state index contributed by atoms with van der Waals surface area (Å²) in [7, 11) is 0. The first kappa shape index (κ1) is 11.2. The molecule has 0 saturated heterocycles. The predicted octanol–water partition coefficient (Wildman–Crippen LogP) is 1.50. The fraction of sp³-hybridized carbons (Fsp3) is 0.167. The first-order valence-electron chi connectivity index (χ1n) is 5.21. The van der Waals surface area contributed by atoms with Crippen molar-refractivity contribution >= 4 is 11.6 Å². The van der Waals surface area contributed by atoms with Crippen molar-refractivity contribution in [3.05, 3.63) is 47.3 Å². The Kier molecular flexibility index (Phi) is 3.09. The molecule has 3 N–H and O–H groups in total. The first-order chi connectivity index (χ1) is 8.18. The number of rotatable bonds is 3. The molecular weight excluding hydrogens is 218 g/mol. The van der Waals surface area contributed by atoms with Gasteiger partial charge >= 0.3 is 0 Å². The van der Waals surface area contributed by atoms with Crippen LogP contribution in [0.4, 0.5) is 5.69 Å². The normalized spacial score (nSPS) is 10.2. The molecule has 0 atom stereocenters. The van der Waals surface area contributed by atoms with Crippen LogP contribution in [0, 0.1) is 6.92 Å². The molecule has 0 fully saturated rings. The number of aryl methyl sites for hydroxylation is 1. The van der Waals surface area contributed by atoms with Crippen molar-refractivity contribution in [2.24, 2.45) is 0 Å². The third kappa shape index (κ3) is 2.44. The zero-order valence-corrected chi connectivity index (χ0v) is 9.43. The summed E-state index contributed by atoms with van der Waals surface area (Å²) < 4.78 is 4.88. The Bertz CT molecular complexity index is 500. The van der Waals surface area contributed by atoms with E-state index in [2.05, 4.69) is 10.5 Å². The second-order valence-corrected chi connectivity index (χ2v) is 3.70. The maximum atomic E-state index is 11.9. The van der Waals surface area contributed by atoms with Crippen LogP contribution in [0.1, 0.15) is 21.7 Å². The number of aromatic nitrogens is 1. The van der Waals surface area contributed by atoms with E-state index in [0.29, 0.717) is 23.6 Å². The van der Waals surface area contributed by atoms with Gasteiger partial charge in [0.15, 0.2) is 5.76 Å². The number of amides is 1. The van der Waals surface area contributed by atoms with Gasteiger partial charge in [-0.3, -0.25) is 4.79 Å². The Labute approximate surface area is 98.6 Å². The predicted molar refractivity (Wildman–Crippen MR) is 63.3 cm³/mol. The van der Waals surface area contributed by atoms with Crippen LogP contribution in [0.2, 0.25) is 0 Å². The molecule has 0 radical (unpaired) electrons. The number of anilines is 1. The fourth-order valence-electron chi connectivity index (χ4n) is 1.59. The number of nitrogen functional groups attached to an aromatic ring is 1. The van der Waals surface area contributed by atoms with Gasteiger partial charge in [0.1, 0.15) is 0 Å². The molecule has 0 spiro atoms. The number of benzene rings is 1. The Morgan fingerprint density at radius 1 is 1.47 bits per heavy atom. The molecule has 5 nitrogen and oxygen atoms in total. The number of hydrogen-bond donors (Lipinski definition) is 2. The van der Waals surface area contributed by atoms with E-state index in [0.717, 1.165) is 5.56 Å². The molecule has 2 aromatic rings. The van der Waals surface area contributed by atoms with Gasteiger partial charge in [-0.05, 0) is 18.6 Å². The lowest BCUT2D eigenvalue weighted by atomic mass is 10.1. The minimum absolute atomic E-state index is 0.211. The van der Waals surface area contributed by atoms with Gasteiger partial charge in [-0.15, -0.1) is 0 Å². The maximum absolute atomic E-state index is 11.9. The summed E-state index contributed by atoms with van der Waals surface area (Å²) in [6.45, 7) is 2.15. The second kappa shape index (κ2) is 4.69. The maximum Gasteiger partial charge on any atom is 0.254 e. The minimum Gasteiger partial charge on any atom is -0.398 e. The smallest absolute Gasteiger partial charge is 0.254 e. The van der Waals surface area contributed by atoms with Crippen LogP contribution in [-0.4, -0.2) is 11.1 Å². The lowest BCUT2D eigenvalue weighted by Gasteiger charge is -2.08. The summed E-state index contributed by atoms with van der Waals surface area (Å²) >= 11 is 0. The number of carbonyl (C=O) groups is 1. The average molecular weight is 231 g/mol. The number of nitrogens with one attached hydrogen (secondary N) is 1. The summed E-state index contributed by atoms with van der Waals surface area (Å²) in [4.78, 5) is 11.9. The standard InChI is InChI=1S/C12H13N3O2/c1-8-3-2-4-10(13)11(8)12(16)14-7-9-5-6-15-17-9/h2-6H,7,13H2,1H3,(H,14,16). The molecule has 1 heterocycles. The Morgan fingerprint density at radius 2 is 2.29 bits per heavy atom. The zero-order chi connectivity index (χ0) is 12.3. The quantitative estimate of drug-likeness (QED) is 0.784. The molecule has 17 heavy (non-hydrogen) atoms. The van der Waals surface area contributed by atoms with Crippen LogP contribution >= 0.6 is 0 Å². The van der Waals surface area contributed by atoms with Crippen molar-refractivity contribution in [2.75, 3.05) is 5.73 Å². The van der Waals surface area contributed by atoms with Gasteiger partial charge in [0.25, 0.3) is 5.91 Å². The monoisotopic (exact) mass is 231 g/mol. The molecule has 0 bridgehead atoms. The fourth-order valence-corrected chi connectivity index (χ4v) is 1.59. The van der Waals surface area contributed by atoms with Crippen molar-refractivity contribution in [2.45, 2.75) is 13.5 Å². The molecule has 0 saturated carbocycles. The van der Waals surface area contributed by atoms with Crippen LogP contribution in [0.15, 0.2) is 35.0 Å². The van der Waals surface area contributed by atoms with Gasteiger partial charge < -0.3 is 15.6 Å². The van der Waals surface area contributed by atoms with E-state index in [4.69, 9.17) is 10.3 Å². The highest BCUT2D eigenvalue weighted by Crippen LogP contribution is 2.15. The Balaban J connectivity index is 2.10. The molecule has 0 aliphatic carbocycles. The summed E-state index contributed by atoms with van der Waals surface area (Å²) in [5.41, 5.74) is 7.60. The van der Waals surface area contributed by atoms with E-state index in [1.807, 2.05) is 19.1 Å². The third-order valence-corrected chi connectivity index (χ3v) is 2.45. The van der Waals surface area contributed by atoms with E-state index >= 15 is 0 Å². The SMILES string of the molecule is Cc1cccc(N)c1C(=O)NCc1ccno1. The molecule has 0 unspecified atom stereocenters. The number of nitrogens with two attached hydrogens (primary N) is 1. The molecule has 0 aliphatic rings. The topological polar surface area (TPSA) is 81.2 Å². The van der Waals surface area contributed by atoms with Crippen molar-refractivity contribution in [1.29, 1.82) is 0 Å². The largest absolute Gasteiger partial charge is 0.398 e. The first-order valence-corrected chi connectivity index (χ1v) is 5.21. The van der Waals surface area contributed by atoms with Gasteiger partial charge in [-0.25, -0.2) is 0 Å². The van der Waals surface area contributed by atoms with Crippen LogP contribution in [0.3, 0.4) is 0 Å². The van der Waals surface area contributed by atoms with Crippen molar-refractivity contribution in [3.63, 3.8) is 0 Å². The summed E-state index contributed by atoms with van der Waals surface area (Å²) in [5.74, 6) is 0.391. The zero-order valence-electron chi connectivity index (χ0n) is 9.43. The lowest BCUT2D eigenvalue weighted by Crippen LogP contribution is -2.24. The van der Waals surface area contributed by atoms with Gasteiger partial charge in [-0.1, -0.05) is 17.3 Å². The van der Waals surface area contributed by atoms with Gasteiger partial charge in [-0.2, -0.15) is 0 Å². The molecule has 5 heteroatoms. The molecule has 88 valence electrons. The van der Waals surface area contributed by atoms with E-state index in [9.17, 15) is 4.79 Å². The molecular formula is C12H13N3O2. The molecule has 0 aliphatic heterocycles. The third-order valence-electron chi connectivity index (χ3n) is 2.45. The highest BCUT2D eigenvalue weighted by molar-refractivity contribution is 6.00. The van der Waals surface area contributed by atoms with Crippen molar-refractivity contribution < 1.29 is 9.32 Å². The molecule has 1 amide bonds. The van der Waals surface area contributed by atoms with Gasteiger partial charge in [0.2, 0.25) is 0 Å². The van der Waals surface area contributed by atoms with Crippen molar-refractivity contribution in [3.8, 4) is 0 Å². The highest BCUT2D eigenvalue weighted by Gasteiger charge is 2.12. The van der Waals surface area contributed by atoms with Crippen LogP contribution < -0.4 is 11.1 Å². The number of nitrogens with zero attached hydrogens (tertiary/aromatic N) is 1. The van der Waals surface area contributed by atoms with Gasteiger partial charge in [0.05, 0.1) is 18.3 Å². The number of carbonyl (C=O) groups excluding carboxylic acids is 1. The number of hydrogen-bond acceptors (Lipinski definition) is 4. The van der Waals surface area contributed by atoms with Crippen LogP contribution in [0.5, 0.6) is 0 Å². The van der Waals surface area contributed by atoms with E-state index < -0.39 is 0 Å².